The van der Waals surface area contributed by atoms with Crippen LogP contribution in [0.5, 0.6) is 0 Å². The molecule has 2 aromatic rings. The Hall–Kier alpha value is -3.94. The van der Waals surface area contributed by atoms with Crippen LogP contribution in [0.2, 0.25) is 0 Å². The van der Waals surface area contributed by atoms with Gasteiger partial charge in [-0.3, -0.25) is 9.59 Å². The topological polar surface area (TPSA) is 122 Å². The number of rotatable bonds is 11. The number of benzene rings is 2. The first-order valence-corrected chi connectivity index (χ1v) is 10.2. The zero-order valence-electron chi connectivity index (χ0n) is 17.7. The average molecular weight is 438 g/mol. The molecule has 8 nitrogen and oxygen atoms in total. The number of esters is 1. The second-order valence-corrected chi connectivity index (χ2v) is 6.82. The summed E-state index contributed by atoms with van der Waals surface area (Å²) in [6, 6.07) is 14.7. The van der Waals surface area contributed by atoms with E-state index < -0.39 is 35.8 Å². The van der Waals surface area contributed by atoms with Crippen molar-refractivity contribution in [2.75, 3.05) is 6.61 Å². The number of carboxylic acid groups (broad SMARTS) is 1. The highest BCUT2D eigenvalue weighted by Gasteiger charge is 2.22. The van der Waals surface area contributed by atoms with Crippen molar-refractivity contribution in [3.8, 4) is 0 Å². The zero-order valence-corrected chi connectivity index (χ0v) is 17.7. The van der Waals surface area contributed by atoms with Crippen LogP contribution in [0.15, 0.2) is 72.8 Å². The number of carboxylic acids is 1. The third kappa shape index (κ3) is 7.71. The van der Waals surface area contributed by atoms with E-state index in [9.17, 15) is 24.3 Å². The van der Waals surface area contributed by atoms with Crippen molar-refractivity contribution in [3.63, 3.8) is 0 Å². The normalized spacial score (nSPS) is 12.5. The molecule has 0 aliphatic heterocycles. The van der Waals surface area contributed by atoms with Crippen LogP contribution in [-0.4, -0.2) is 47.6 Å². The van der Waals surface area contributed by atoms with E-state index in [1.807, 2.05) is 0 Å². The SMILES string of the molecule is CCOC(=O)C(CC=CCC(NC(=O)c1ccccc1)C(=O)O)NC(=O)c1ccccc1. The van der Waals surface area contributed by atoms with Gasteiger partial charge < -0.3 is 20.5 Å². The fourth-order valence-electron chi connectivity index (χ4n) is 2.81. The molecular weight excluding hydrogens is 412 g/mol. The van der Waals surface area contributed by atoms with Crippen molar-refractivity contribution >= 4 is 23.8 Å². The largest absolute Gasteiger partial charge is 0.480 e. The molecule has 32 heavy (non-hydrogen) atoms. The quantitative estimate of drug-likeness (QED) is 0.366. The van der Waals surface area contributed by atoms with Gasteiger partial charge in [0.25, 0.3) is 11.8 Å². The molecule has 2 aromatic carbocycles. The third-order valence-corrected chi connectivity index (χ3v) is 4.46. The summed E-state index contributed by atoms with van der Waals surface area (Å²) in [7, 11) is 0. The van der Waals surface area contributed by atoms with E-state index in [-0.39, 0.29) is 19.4 Å². The van der Waals surface area contributed by atoms with Gasteiger partial charge in [-0.15, -0.1) is 0 Å². The number of aliphatic carboxylic acids is 1. The second-order valence-electron chi connectivity index (χ2n) is 6.82. The minimum Gasteiger partial charge on any atom is -0.480 e. The number of hydrogen-bond acceptors (Lipinski definition) is 5. The fraction of sp³-hybridized carbons (Fsp3) is 0.250. The predicted molar refractivity (Wildman–Crippen MR) is 118 cm³/mol. The van der Waals surface area contributed by atoms with E-state index in [1.165, 1.54) is 0 Å². The van der Waals surface area contributed by atoms with Crippen LogP contribution in [-0.2, 0) is 14.3 Å². The van der Waals surface area contributed by atoms with Gasteiger partial charge in [0.1, 0.15) is 12.1 Å². The minimum atomic E-state index is -1.18. The van der Waals surface area contributed by atoms with E-state index in [0.717, 1.165) is 0 Å². The van der Waals surface area contributed by atoms with E-state index >= 15 is 0 Å². The van der Waals surface area contributed by atoms with Crippen LogP contribution in [0.25, 0.3) is 0 Å². The number of carbonyl (C=O) groups is 4. The molecule has 0 bridgehead atoms. The highest BCUT2D eigenvalue weighted by Crippen LogP contribution is 2.06. The van der Waals surface area contributed by atoms with Gasteiger partial charge in [0.2, 0.25) is 0 Å². The minimum absolute atomic E-state index is 0.0100. The first-order valence-electron chi connectivity index (χ1n) is 10.2. The van der Waals surface area contributed by atoms with Gasteiger partial charge in [0.05, 0.1) is 6.61 Å². The molecule has 8 heteroatoms. The maximum absolute atomic E-state index is 12.4. The third-order valence-electron chi connectivity index (χ3n) is 4.46. The Bertz CT molecular complexity index is 943. The number of nitrogens with one attached hydrogen (secondary N) is 2. The van der Waals surface area contributed by atoms with Crippen LogP contribution in [0.1, 0.15) is 40.5 Å². The number of amides is 2. The lowest BCUT2D eigenvalue weighted by Crippen LogP contribution is -2.41. The first-order chi connectivity index (χ1) is 15.4. The Morgan fingerprint density at radius 1 is 0.812 bits per heavy atom. The lowest BCUT2D eigenvalue weighted by atomic mass is 10.1. The van der Waals surface area contributed by atoms with Crippen LogP contribution >= 0.6 is 0 Å². The smallest absolute Gasteiger partial charge is 0.328 e. The van der Waals surface area contributed by atoms with Crippen molar-refractivity contribution in [3.05, 3.63) is 83.9 Å². The second kappa shape index (κ2) is 12.7. The van der Waals surface area contributed by atoms with E-state index in [2.05, 4.69) is 10.6 Å². The maximum Gasteiger partial charge on any atom is 0.328 e. The van der Waals surface area contributed by atoms with Crippen LogP contribution < -0.4 is 10.6 Å². The summed E-state index contributed by atoms with van der Waals surface area (Å²) in [5.74, 6) is -2.69. The molecule has 2 atom stereocenters. The van der Waals surface area contributed by atoms with Gasteiger partial charge in [0.15, 0.2) is 0 Å². The predicted octanol–water partition coefficient (Wildman–Crippen LogP) is 2.57. The molecule has 0 heterocycles. The number of hydrogen-bond donors (Lipinski definition) is 3. The molecule has 2 rings (SSSR count). The summed E-state index contributed by atoms with van der Waals surface area (Å²) < 4.78 is 5.02. The van der Waals surface area contributed by atoms with E-state index in [4.69, 9.17) is 4.74 Å². The van der Waals surface area contributed by atoms with Crippen LogP contribution in [0.4, 0.5) is 0 Å². The Balaban J connectivity index is 1.97. The van der Waals surface area contributed by atoms with Crippen LogP contribution in [0.3, 0.4) is 0 Å². The molecule has 0 aliphatic rings. The summed E-state index contributed by atoms with van der Waals surface area (Å²) in [4.78, 5) is 48.3. The molecule has 3 N–H and O–H groups in total. The zero-order chi connectivity index (χ0) is 23.3. The molecule has 0 spiro atoms. The number of ether oxygens (including phenoxy) is 1. The summed E-state index contributed by atoms with van der Waals surface area (Å²) in [5.41, 5.74) is 0.758. The molecule has 0 radical (unpaired) electrons. The molecule has 0 fully saturated rings. The van der Waals surface area contributed by atoms with Gasteiger partial charge in [-0.05, 0) is 44.0 Å². The van der Waals surface area contributed by atoms with Gasteiger partial charge in [-0.2, -0.15) is 0 Å². The summed E-state index contributed by atoms with van der Waals surface area (Å²) >= 11 is 0. The number of carbonyl (C=O) groups excluding carboxylic acids is 3. The maximum atomic E-state index is 12.4. The Kier molecular flexibility index (Phi) is 9.65. The Morgan fingerprint density at radius 2 is 1.25 bits per heavy atom. The average Bonchev–Trinajstić information content (AvgIpc) is 2.81. The first kappa shape index (κ1) is 24.3. The van der Waals surface area contributed by atoms with Crippen LogP contribution in [0, 0.1) is 0 Å². The molecule has 0 saturated carbocycles. The van der Waals surface area contributed by atoms with Crippen molar-refractivity contribution in [2.45, 2.75) is 31.8 Å². The van der Waals surface area contributed by atoms with Crippen molar-refractivity contribution in [1.82, 2.24) is 10.6 Å². The van der Waals surface area contributed by atoms with Gasteiger partial charge in [-0.25, -0.2) is 9.59 Å². The highest BCUT2D eigenvalue weighted by molar-refractivity contribution is 5.97. The van der Waals surface area contributed by atoms with Gasteiger partial charge in [0, 0.05) is 11.1 Å². The van der Waals surface area contributed by atoms with Gasteiger partial charge in [-0.1, -0.05) is 48.6 Å². The van der Waals surface area contributed by atoms with Crippen molar-refractivity contribution in [1.29, 1.82) is 0 Å². The Labute approximate surface area is 186 Å². The highest BCUT2D eigenvalue weighted by atomic mass is 16.5. The van der Waals surface area contributed by atoms with Crippen molar-refractivity contribution < 1.29 is 29.0 Å². The molecular formula is C24H26N2O6. The summed E-state index contributed by atoms with van der Waals surface area (Å²) in [6.07, 6.45) is 3.24. The fourth-order valence-corrected chi connectivity index (χ4v) is 2.81. The molecule has 0 aromatic heterocycles. The van der Waals surface area contributed by atoms with E-state index in [0.29, 0.717) is 11.1 Å². The molecule has 2 amide bonds. The standard InChI is InChI=1S/C24H26N2O6/c1-2-32-24(31)20(26-22(28)18-13-7-4-8-14-18)16-10-9-15-19(23(29)30)25-21(27)17-11-5-3-6-12-17/h3-14,19-20H,2,15-16H2,1H3,(H,25,27)(H,26,28)(H,29,30). The van der Waals surface area contributed by atoms with E-state index in [1.54, 1.807) is 79.7 Å². The molecule has 0 saturated heterocycles. The molecule has 0 aliphatic carbocycles. The summed E-state index contributed by atoms with van der Waals surface area (Å²) in [5, 5.41) is 14.5. The molecule has 168 valence electrons. The molecule has 2 unspecified atom stereocenters. The lowest BCUT2D eigenvalue weighted by molar-refractivity contribution is -0.145. The van der Waals surface area contributed by atoms with Gasteiger partial charge >= 0.3 is 11.9 Å². The summed E-state index contributed by atoms with van der Waals surface area (Å²) in [6.45, 7) is 1.82. The lowest BCUT2D eigenvalue weighted by Gasteiger charge is -2.16. The Morgan fingerprint density at radius 3 is 1.69 bits per heavy atom. The monoisotopic (exact) mass is 438 g/mol. The van der Waals surface area contributed by atoms with Crippen molar-refractivity contribution in [2.24, 2.45) is 0 Å².